The van der Waals surface area contributed by atoms with Crippen LogP contribution in [0.1, 0.15) is 16.7 Å². The monoisotopic (exact) mass is 384 g/mol. The van der Waals surface area contributed by atoms with Crippen LogP contribution in [0.25, 0.3) is 0 Å². The molecule has 0 atom stereocenters. The molecule has 142 valence electrons. The summed E-state index contributed by atoms with van der Waals surface area (Å²) in [6, 6.07) is 15.9. The molecular weight excluding hydrogens is 360 g/mol. The summed E-state index contributed by atoms with van der Waals surface area (Å²) < 4.78 is 27.3. The molecule has 7 heteroatoms. The molecule has 1 fully saturated rings. The van der Waals surface area contributed by atoms with E-state index in [2.05, 4.69) is 33.7 Å². The first-order chi connectivity index (χ1) is 13.0. The molecule has 0 bridgehead atoms. The Morgan fingerprint density at radius 2 is 1.56 bits per heavy atom. The number of nitrogens with zero attached hydrogens (tertiary/aromatic N) is 3. The predicted molar refractivity (Wildman–Crippen MR) is 104 cm³/mol. The van der Waals surface area contributed by atoms with Crippen molar-refractivity contribution in [1.29, 1.82) is 5.26 Å². The third-order valence-electron chi connectivity index (χ3n) is 4.79. The minimum Gasteiger partial charge on any atom is -0.304 e. The van der Waals surface area contributed by atoms with Gasteiger partial charge in [-0.15, -0.1) is 0 Å². The molecule has 0 amide bonds. The number of nitrogens with one attached hydrogen (secondary N) is 1. The van der Waals surface area contributed by atoms with Gasteiger partial charge in [-0.05, 0) is 42.4 Å². The first-order valence-corrected chi connectivity index (χ1v) is 10.4. The Labute approximate surface area is 161 Å². The van der Waals surface area contributed by atoms with Gasteiger partial charge in [0.15, 0.2) is 0 Å². The van der Waals surface area contributed by atoms with Crippen molar-refractivity contribution >= 4 is 10.0 Å². The van der Waals surface area contributed by atoms with Crippen molar-refractivity contribution in [1.82, 2.24) is 14.5 Å². The third-order valence-corrected chi connectivity index (χ3v) is 6.20. The normalized spacial score (nSPS) is 16.1. The van der Waals surface area contributed by atoms with Crippen LogP contribution >= 0.6 is 0 Å². The van der Waals surface area contributed by atoms with Gasteiger partial charge in [-0.25, -0.2) is 13.1 Å². The van der Waals surface area contributed by atoms with Gasteiger partial charge in [-0.2, -0.15) is 5.26 Å². The van der Waals surface area contributed by atoms with E-state index in [1.165, 1.54) is 29.8 Å². The van der Waals surface area contributed by atoms with Crippen LogP contribution in [0.15, 0.2) is 53.4 Å². The van der Waals surface area contributed by atoms with Crippen LogP contribution in [0.3, 0.4) is 0 Å². The highest BCUT2D eigenvalue weighted by Crippen LogP contribution is 2.13. The van der Waals surface area contributed by atoms with E-state index in [4.69, 9.17) is 5.26 Å². The fourth-order valence-corrected chi connectivity index (χ4v) is 4.01. The highest BCUT2D eigenvalue weighted by Gasteiger charge is 2.15. The lowest BCUT2D eigenvalue weighted by Gasteiger charge is -2.32. The van der Waals surface area contributed by atoms with Crippen molar-refractivity contribution in [2.24, 2.45) is 0 Å². The fourth-order valence-electron chi connectivity index (χ4n) is 3.00. The highest BCUT2D eigenvalue weighted by molar-refractivity contribution is 7.89. The predicted octanol–water partition coefficient (Wildman–Crippen LogP) is 1.78. The van der Waals surface area contributed by atoms with Crippen molar-refractivity contribution in [3.8, 4) is 6.07 Å². The zero-order valence-corrected chi connectivity index (χ0v) is 16.2. The van der Waals surface area contributed by atoms with Gasteiger partial charge in [0, 0.05) is 39.3 Å². The Morgan fingerprint density at radius 1 is 0.963 bits per heavy atom. The van der Waals surface area contributed by atoms with Gasteiger partial charge in [0.2, 0.25) is 10.0 Å². The molecule has 0 spiro atoms. The molecule has 0 unspecified atom stereocenters. The van der Waals surface area contributed by atoms with Gasteiger partial charge in [-0.1, -0.05) is 24.3 Å². The second-order valence-electron chi connectivity index (χ2n) is 6.86. The number of benzene rings is 2. The number of likely N-dealkylation sites (N-methyl/N-ethyl adjacent to an activating group) is 1. The zero-order valence-electron chi connectivity index (χ0n) is 15.4. The Hall–Kier alpha value is -2.24. The summed E-state index contributed by atoms with van der Waals surface area (Å²) in [5.74, 6) is 0. The van der Waals surface area contributed by atoms with Crippen molar-refractivity contribution in [2.45, 2.75) is 18.0 Å². The number of nitriles is 1. The van der Waals surface area contributed by atoms with Crippen LogP contribution in [-0.2, 0) is 23.1 Å². The molecule has 0 radical (unpaired) electrons. The molecule has 1 N–H and O–H groups in total. The summed E-state index contributed by atoms with van der Waals surface area (Å²) in [4.78, 5) is 4.93. The summed E-state index contributed by atoms with van der Waals surface area (Å²) in [5.41, 5.74) is 2.58. The maximum absolute atomic E-state index is 12.4. The lowest BCUT2D eigenvalue weighted by Crippen LogP contribution is -2.43. The highest BCUT2D eigenvalue weighted by atomic mass is 32.2. The number of sulfonamides is 1. The van der Waals surface area contributed by atoms with Crippen LogP contribution in [0, 0.1) is 11.3 Å². The fraction of sp³-hybridized carbons (Fsp3) is 0.350. The molecular formula is C20H24N4O2S. The molecule has 0 aliphatic carbocycles. The maximum Gasteiger partial charge on any atom is 0.240 e. The summed E-state index contributed by atoms with van der Waals surface area (Å²) in [6.45, 7) is 5.48. The molecule has 3 rings (SSSR count). The third kappa shape index (κ3) is 5.37. The SMILES string of the molecule is CN1CCN(Cc2ccc(CNS(=O)(=O)c3ccc(C#N)cc3)cc2)CC1. The lowest BCUT2D eigenvalue weighted by atomic mass is 10.1. The summed E-state index contributed by atoms with van der Waals surface area (Å²) in [6.07, 6.45) is 0. The van der Waals surface area contributed by atoms with Crippen LogP contribution in [-0.4, -0.2) is 51.4 Å². The van der Waals surface area contributed by atoms with E-state index in [0.29, 0.717) is 5.56 Å². The molecule has 1 aliphatic heterocycles. The number of hydrogen-bond acceptors (Lipinski definition) is 5. The average molecular weight is 385 g/mol. The van der Waals surface area contributed by atoms with E-state index in [1.54, 1.807) is 0 Å². The maximum atomic E-state index is 12.4. The van der Waals surface area contributed by atoms with Crippen molar-refractivity contribution in [3.05, 3.63) is 65.2 Å². The van der Waals surface area contributed by atoms with Gasteiger partial charge in [0.1, 0.15) is 0 Å². The first-order valence-electron chi connectivity index (χ1n) is 8.95. The smallest absolute Gasteiger partial charge is 0.240 e. The van der Waals surface area contributed by atoms with Gasteiger partial charge in [0.05, 0.1) is 16.5 Å². The second-order valence-corrected chi connectivity index (χ2v) is 8.62. The minimum absolute atomic E-state index is 0.160. The Balaban J connectivity index is 1.55. The van der Waals surface area contributed by atoms with E-state index < -0.39 is 10.0 Å². The minimum atomic E-state index is -3.59. The van der Waals surface area contributed by atoms with Gasteiger partial charge in [-0.3, -0.25) is 4.90 Å². The molecule has 1 heterocycles. The first kappa shape index (κ1) is 19.5. The second kappa shape index (κ2) is 8.63. The number of hydrogen-bond donors (Lipinski definition) is 1. The lowest BCUT2D eigenvalue weighted by molar-refractivity contribution is 0.148. The van der Waals surface area contributed by atoms with Gasteiger partial charge < -0.3 is 4.90 Å². The molecule has 2 aromatic rings. The molecule has 0 saturated carbocycles. The van der Waals surface area contributed by atoms with E-state index in [9.17, 15) is 8.42 Å². The van der Waals surface area contributed by atoms with Crippen LogP contribution < -0.4 is 4.72 Å². The molecule has 6 nitrogen and oxygen atoms in total. The van der Waals surface area contributed by atoms with E-state index in [0.717, 1.165) is 38.3 Å². The van der Waals surface area contributed by atoms with Crippen LogP contribution in [0.5, 0.6) is 0 Å². The van der Waals surface area contributed by atoms with Crippen molar-refractivity contribution in [3.63, 3.8) is 0 Å². The molecule has 0 aromatic heterocycles. The number of piperazine rings is 1. The van der Waals surface area contributed by atoms with E-state index in [-0.39, 0.29) is 11.4 Å². The van der Waals surface area contributed by atoms with E-state index in [1.807, 2.05) is 18.2 Å². The summed E-state index contributed by atoms with van der Waals surface area (Å²) in [7, 11) is -1.45. The largest absolute Gasteiger partial charge is 0.304 e. The Kier molecular flexibility index (Phi) is 6.24. The molecule has 1 saturated heterocycles. The topological polar surface area (TPSA) is 76.4 Å². The van der Waals surface area contributed by atoms with E-state index >= 15 is 0 Å². The summed E-state index contributed by atoms with van der Waals surface area (Å²) >= 11 is 0. The standard InChI is InChI=1S/C20H24N4O2S/c1-23-10-12-24(13-11-23)16-19-4-2-18(3-5-19)15-22-27(25,26)20-8-6-17(14-21)7-9-20/h2-9,22H,10-13,15-16H2,1H3. The van der Waals surface area contributed by atoms with Crippen LogP contribution in [0.2, 0.25) is 0 Å². The molecule has 1 aliphatic rings. The molecule has 2 aromatic carbocycles. The zero-order chi connectivity index (χ0) is 19.3. The van der Waals surface area contributed by atoms with Crippen molar-refractivity contribution < 1.29 is 8.42 Å². The Morgan fingerprint density at radius 3 is 2.15 bits per heavy atom. The number of rotatable bonds is 6. The average Bonchev–Trinajstić information content (AvgIpc) is 2.69. The van der Waals surface area contributed by atoms with Gasteiger partial charge in [0.25, 0.3) is 0 Å². The van der Waals surface area contributed by atoms with Crippen molar-refractivity contribution in [2.75, 3.05) is 33.2 Å². The van der Waals surface area contributed by atoms with Gasteiger partial charge >= 0.3 is 0 Å². The summed E-state index contributed by atoms with van der Waals surface area (Å²) in [5, 5.41) is 8.80. The van der Waals surface area contributed by atoms with Crippen LogP contribution in [0.4, 0.5) is 0 Å². The molecule has 27 heavy (non-hydrogen) atoms. The Bertz CT molecular complexity index is 894. The quantitative estimate of drug-likeness (QED) is 0.822.